The van der Waals surface area contributed by atoms with Crippen LogP contribution in [0.1, 0.15) is 11.1 Å². The Morgan fingerprint density at radius 1 is 1.69 bits per heavy atom. The first-order valence-electron chi connectivity index (χ1n) is 3.82. The first-order valence-corrected chi connectivity index (χ1v) is 3.82. The van der Waals surface area contributed by atoms with Crippen LogP contribution in [-0.2, 0) is 17.9 Å². The van der Waals surface area contributed by atoms with Crippen LogP contribution < -0.4 is 11.3 Å². The van der Waals surface area contributed by atoms with E-state index >= 15 is 0 Å². The van der Waals surface area contributed by atoms with Crippen LogP contribution in [0.5, 0.6) is 5.88 Å². The summed E-state index contributed by atoms with van der Waals surface area (Å²) >= 11 is 0. The van der Waals surface area contributed by atoms with Crippen molar-refractivity contribution in [1.29, 1.82) is 0 Å². The van der Waals surface area contributed by atoms with Gasteiger partial charge in [0.2, 0.25) is 0 Å². The molecule has 1 aromatic heterocycles. The van der Waals surface area contributed by atoms with Crippen LogP contribution in [0.25, 0.3) is 0 Å². The number of aromatic amines is 1. The van der Waals surface area contributed by atoms with E-state index in [1.165, 1.54) is 13.2 Å². The Morgan fingerprint density at radius 2 is 2.38 bits per heavy atom. The van der Waals surface area contributed by atoms with Gasteiger partial charge in [-0.05, 0) is 5.56 Å². The fourth-order valence-corrected chi connectivity index (χ4v) is 1.14. The minimum Gasteiger partial charge on any atom is -0.494 e. The summed E-state index contributed by atoms with van der Waals surface area (Å²) in [5.74, 6) is -0.179. The van der Waals surface area contributed by atoms with Crippen LogP contribution in [0.15, 0.2) is 10.9 Å². The second-order valence-electron chi connectivity index (χ2n) is 2.62. The van der Waals surface area contributed by atoms with E-state index in [0.717, 1.165) is 0 Å². The summed E-state index contributed by atoms with van der Waals surface area (Å²) in [7, 11) is 1.51. The van der Waals surface area contributed by atoms with E-state index in [2.05, 4.69) is 4.98 Å². The molecule has 0 aromatic carbocycles. The molecule has 72 valence electrons. The first kappa shape index (κ1) is 9.76. The number of aromatic hydroxyl groups is 1. The maximum atomic E-state index is 10.9. The lowest BCUT2D eigenvalue weighted by Crippen LogP contribution is -2.12. The van der Waals surface area contributed by atoms with Crippen LogP contribution in [0.3, 0.4) is 0 Å². The van der Waals surface area contributed by atoms with E-state index in [-0.39, 0.29) is 24.6 Å². The number of rotatable bonds is 3. The van der Waals surface area contributed by atoms with Gasteiger partial charge in [-0.25, -0.2) is 0 Å². The van der Waals surface area contributed by atoms with E-state index < -0.39 is 0 Å². The van der Waals surface area contributed by atoms with Crippen molar-refractivity contribution in [3.05, 3.63) is 27.5 Å². The van der Waals surface area contributed by atoms with Crippen LogP contribution in [0, 0.1) is 0 Å². The molecule has 0 amide bonds. The largest absolute Gasteiger partial charge is 0.494 e. The zero-order valence-electron chi connectivity index (χ0n) is 7.33. The van der Waals surface area contributed by atoms with Crippen molar-refractivity contribution in [2.24, 2.45) is 5.73 Å². The van der Waals surface area contributed by atoms with Crippen LogP contribution in [0.4, 0.5) is 0 Å². The summed E-state index contributed by atoms with van der Waals surface area (Å²) in [6, 6.07) is 1.37. The third-order valence-electron chi connectivity index (χ3n) is 1.72. The van der Waals surface area contributed by atoms with Gasteiger partial charge in [-0.1, -0.05) is 0 Å². The molecule has 1 aromatic rings. The fourth-order valence-electron chi connectivity index (χ4n) is 1.14. The lowest BCUT2D eigenvalue weighted by Gasteiger charge is -2.07. The molecule has 0 aliphatic rings. The lowest BCUT2D eigenvalue weighted by atomic mass is 10.1. The molecule has 0 aliphatic heterocycles. The summed E-state index contributed by atoms with van der Waals surface area (Å²) in [4.78, 5) is 13.2. The summed E-state index contributed by atoms with van der Waals surface area (Å²) in [6.45, 7) is 0.436. The number of methoxy groups -OCH3 is 1. The average Bonchev–Trinajstić information content (AvgIpc) is 2.04. The Hall–Kier alpha value is -1.33. The number of pyridine rings is 1. The van der Waals surface area contributed by atoms with Gasteiger partial charge in [-0.15, -0.1) is 0 Å². The van der Waals surface area contributed by atoms with E-state index in [9.17, 15) is 9.90 Å². The summed E-state index contributed by atoms with van der Waals surface area (Å²) < 4.78 is 4.86. The highest BCUT2D eigenvalue weighted by Crippen LogP contribution is 2.15. The third-order valence-corrected chi connectivity index (χ3v) is 1.72. The highest BCUT2D eigenvalue weighted by Gasteiger charge is 2.07. The molecular formula is C8H12N2O3. The van der Waals surface area contributed by atoms with Crippen molar-refractivity contribution in [3.8, 4) is 5.88 Å². The van der Waals surface area contributed by atoms with Crippen molar-refractivity contribution >= 4 is 0 Å². The highest BCUT2D eigenvalue weighted by molar-refractivity contribution is 5.32. The fraction of sp³-hybridized carbons (Fsp3) is 0.375. The Labute approximate surface area is 75.2 Å². The molecule has 0 saturated heterocycles. The SMILES string of the molecule is COCc1cc(=O)[nH]c(O)c1CN. The molecule has 4 N–H and O–H groups in total. The zero-order chi connectivity index (χ0) is 9.84. The molecular weight excluding hydrogens is 172 g/mol. The number of nitrogens with two attached hydrogens (primary N) is 1. The first-order chi connectivity index (χ1) is 6.19. The van der Waals surface area contributed by atoms with Gasteiger partial charge in [0, 0.05) is 25.3 Å². The average molecular weight is 184 g/mol. The van der Waals surface area contributed by atoms with Crippen LogP contribution >= 0.6 is 0 Å². The third kappa shape index (κ3) is 2.07. The standard InChI is InChI=1S/C8H12N2O3/c1-13-4-5-2-7(11)10-8(12)6(5)3-9/h2H,3-4,9H2,1H3,(H2,10,11,12). The summed E-state index contributed by atoms with van der Waals surface area (Å²) in [5, 5.41) is 9.31. The van der Waals surface area contributed by atoms with Crippen molar-refractivity contribution in [3.63, 3.8) is 0 Å². The smallest absolute Gasteiger partial charge is 0.251 e. The number of hydrogen-bond donors (Lipinski definition) is 3. The molecule has 1 heterocycles. The lowest BCUT2D eigenvalue weighted by molar-refractivity contribution is 0.183. The van der Waals surface area contributed by atoms with Crippen molar-refractivity contribution in [2.75, 3.05) is 7.11 Å². The molecule has 0 aliphatic carbocycles. The van der Waals surface area contributed by atoms with Gasteiger partial charge in [0.1, 0.15) is 0 Å². The van der Waals surface area contributed by atoms with Crippen molar-refractivity contribution < 1.29 is 9.84 Å². The molecule has 0 radical (unpaired) electrons. The molecule has 0 bridgehead atoms. The monoisotopic (exact) mass is 184 g/mol. The second kappa shape index (κ2) is 4.06. The molecule has 5 nitrogen and oxygen atoms in total. The van der Waals surface area contributed by atoms with Gasteiger partial charge in [-0.2, -0.15) is 0 Å². The van der Waals surface area contributed by atoms with Crippen molar-refractivity contribution in [1.82, 2.24) is 4.98 Å². The van der Waals surface area contributed by atoms with E-state index in [1.807, 2.05) is 0 Å². The molecule has 5 heteroatoms. The number of H-pyrrole nitrogens is 1. The van der Waals surface area contributed by atoms with Gasteiger partial charge in [0.25, 0.3) is 5.56 Å². The van der Waals surface area contributed by atoms with Gasteiger partial charge in [0.15, 0.2) is 5.88 Å². The van der Waals surface area contributed by atoms with Crippen LogP contribution in [-0.4, -0.2) is 17.2 Å². The quantitative estimate of drug-likeness (QED) is 0.601. The minimum absolute atomic E-state index is 0.168. The van der Waals surface area contributed by atoms with Gasteiger partial charge in [-0.3, -0.25) is 9.78 Å². The molecule has 13 heavy (non-hydrogen) atoms. The topological polar surface area (TPSA) is 88.3 Å². The van der Waals surface area contributed by atoms with Gasteiger partial charge < -0.3 is 15.6 Å². The Bertz CT molecular complexity index is 346. The number of aromatic nitrogens is 1. The molecule has 1 rings (SSSR count). The minimum atomic E-state index is -0.359. The highest BCUT2D eigenvalue weighted by atomic mass is 16.5. The predicted molar refractivity (Wildman–Crippen MR) is 47.3 cm³/mol. The van der Waals surface area contributed by atoms with Crippen molar-refractivity contribution in [2.45, 2.75) is 13.2 Å². The Morgan fingerprint density at radius 3 is 2.92 bits per heavy atom. The maximum absolute atomic E-state index is 10.9. The predicted octanol–water partition coefficient (Wildman–Crippen LogP) is -0.314. The maximum Gasteiger partial charge on any atom is 0.251 e. The number of hydrogen-bond acceptors (Lipinski definition) is 4. The van der Waals surface area contributed by atoms with E-state index in [1.54, 1.807) is 0 Å². The molecule has 0 atom stereocenters. The summed E-state index contributed by atoms with van der Waals surface area (Å²) in [6.07, 6.45) is 0. The normalized spacial score (nSPS) is 10.3. The summed E-state index contributed by atoms with van der Waals surface area (Å²) in [5.41, 5.74) is 6.17. The van der Waals surface area contributed by atoms with E-state index in [4.69, 9.17) is 10.5 Å². The van der Waals surface area contributed by atoms with Crippen LogP contribution in [0.2, 0.25) is 0 Å². The Kier molecular flexibility index (Phi) is 3.05. The second-order valence-corrected chi connectivity index (χ2v) is 2.62. The zero-order valence-corrected chi connectivity index (χ0v) is 7.33. The Balaban J connectivity index is 3.21. The van der Waals surface area contributed by atoms with E-state index in [0.29, 0.717) is 11.1 Å². The van der Waals surface area contributed by atoms with Gasteiger partial charge >= 0.3 is 0 Å². The molecule has 0 spiro atoms. The van der Waals surface area contributed by atoms with Gasteiger partial charge in [0.05, 0.1) is 6.61 Å². The molecule has 0 saturated carbocycles. The molecule has 0 fully saturated rings. The number of ether oxygens (including phenoxy) is 1. The molecule has 0 unspecified atom stereocenters. The number of nitrogens with one attached hydrogen (secondary N) is 1.